The lowest BCUT2D eigenvalue weighted by Crippen LogP contribution is -2.55. The summed E-state index contributed by atoms with van der Waals surface area (Å²) in [4.78, 5) is 57.4. The van der Waals surface area contributed by atoms with Gasteiger partial charge >= 0.3 is 12.1 Å². The molecule has 3 amide bonds. The van der Waals surface area contributed by atoms with Crippen LogP contribution in [0.3, 0.4) is 0 Å². The molecule has 3 unspecified atom stereocenters. The van der Waals surface area contributed by atoms with E-state index >= 15 is 0 Å². The number of esters is 1. The molecule has 3 rings (SSSR count). The number of benzene rings is 3. The van der Waals surface area contributed by atoms with E-state index in [-0.39, 0.29) is 19.4 Å². The molecule has 2 N–H and O–H groups in total. The molecule has 0 aliphatic heterocycles. The van der Waals surface area contributed by atoms with Gasteiger partial charge in [0.25, 0.3) is 0 Å². The summed E-state index contributed by atoms with van der Waals surface area (Å²) in [6.07, 6.45) is 0.996. The molecule has 3 aromatic carbocycles. The van der Waals surface area contributed by atoms with E-state index in [9.17, 15) is 19.2 Å². The molecule has 0 heterocycles. The minimum atomic E-state index is -1.11. The van der Waals surface area contributed by atoms with Gasteiger partial charge in [-0.05, 0) is 71.6 Å². The summed E-state index contributed by atoms with van der Waals surface area (Å²) in [5.41, 5.74) is 1.66. The van der Waals surface area contributed by atoms with Crippen molar-refractivity contribution in [3.05, 3.63) is 107 Å². The van der Waals surface area contributed by atoms with E-state index in [1.807, 2.05) is 98.8 Å². The topological polar surface area (TPSA) is 114 Å². The molecule has 0 fully saturated rings. The number of hydrogen-bond acceptors (Lipinski definition) is 6. The summed E-state index contributed by atoms with van der Waals surface area (Å²) in [6, 6.07) is 23.0. The minimum Gasteiger partial charge on any atom is -0.458 e. The third kappa shape index (κ3) is 13.0. The number of carbonyl (C=O) groups is 4. The molecule has 3 atom stereocenters. The first-order valence-electron chi connectivity index (χ1n) is 17.0. The van der Waals surface area contributed by atoms with Crippen molar-refractivity contribution in [1.82, 2.24) is 15.5 Å². The van der Waals surface area contributed by atoms with E-state index in [0.717, 1.165) is 23.1 Å². The Bertz CT molecular complexity index is 1510. The fraction of sp³-hybridized carbons (Fsp3) is 0.450. The van der Waals surface area contributed by atoms with Gasteiger partial charge in [0, 0.05) is 19.4 Å². The second-order valence-corrected chi connectivity index (χ2v) is 14.4. The highest BCUT2D eigenvalue weighted by molar-refractivity contribution is 5.94. The lowest BCUT2D eigenvalue weighted by Gasteiger charge is -2.35. The highest BCUT2D eigenvalue weighted by Gasteiger charge is 2.38. The molecule has 9 heteroatoms. The van der Waals surface area contributed by atoms with Crippen LogP contribution in [0.15, 0.2) is 84.9 Å². The first-order chi connectivity index (χ1) is 23.1. The molecule has 0 bridgehead atoms. The van der Waals surface area contributed by atoms with E-state index in [1.54, 1.807) is 41.5 Å². The van der Waals surface area contributed by atoms with Gasteiger partial charge in [-0.3, -0.25) is 9.59 Å². The summed E-state index contributed by atoms with van der Waals surface area (Å²) >= 11 is 0. The van der Waals surface area contributed by atoms with Gasteiger partial charge in [-0.25, -0.2) is 9.59 Å². The monoisotopic (exact) mass is 671 g/mol. The number of rotatable bonds is 14. The zero-order chi connectivity index (χ0) is 36.2. The van der Waals surface area contributed by atoms with Crippen molar-refractivity contribution in [1.29, 1.82) is 0 Å². The number of amides is 3. The van der Waals surface area contributed by atoms with Crippen molar-refractivity contribution in [3.63, 3.8) is 0 Å². The molecule has 0 spiro atoms. The van der Waals surface area contributed by atoms with Crippen molar-refractivity contribution in [2.75, 3.05) is 6.54 Å². The van der Waals surface area contributed by atoms with E-state index in [0.29, 0.717) is 12.0 Å². The van der Waals surface area contributed by atoms with E-state index < -0.39 is 53.2 Å². The SMILES string of the molecule is CCCCN(C(=O)C(Cc1ccccc1)NC(=O)OC(C)(C)C)C(C(=O)NC(Cc1ccccc1)C(=O)OC(C)(C)C)c1ccc(C)cc1. The van der Waals surface area contributed by atoms with Crippen molar-refractivity contribution in [3.8, 4) is 0 Å². The number of aryl methyl sites for hydroxylation is 1. The number of nitrogens with one attached hydrogen (secondary N) is 2. The Kier molecular flexibility index (Phi) is 14.0. The van der Waals surface area contributed by atoms with Crippen LogP contribution < -0.4 is 10.6 Å². The molecule has 3 aromatic rings. The van der Waals surface area contributed by atoms with Crippen LogP contribution >= 0.6 is 0 Å². The van der Waals surface area contributed by atoms with Gasteiger partial charge in [0.1, 0.15) is 29.3 Å². The standard InChI is InChI=1S/C40H53N3O6/c1-9-10-25-43(36(45)32(26-29-17-13-11-14-18-29)42-38(47)49-40(6,7)8)34(31-23-21-28(2)22-24-31)35(44)41-33(37(46)48-39(3,4)5)27-30-19-15-12-16-20-30/h11-24,32-34H,9-10,25-27H2,1-8H3,(H,41,44)(H,42,47). The van der Waals surface area contributed by atoms with Crippen LogP contribution in [-0.2, 0) is 36.7 Å². The van der Waals surface area contributed by atoms with Gasteiger partial charge in [0.05, 0.1) is 0 Å². The summed E-state index contributed by atoms with van der Waals surface area (Å²) in [6.45, 7) is 14.8. The van der Waals surface area contributed by atoms with Crippen LogP contribution in [0.4, 0.5) is 4.79 Å². The lowest BCUT2D eigenvalue weighted by molar-refractivity contribution is -0.159. The highest BCUT2D eigenvalue weighted by atomic mass is 16.6. The maximum Gasteiger partial charge on any atom is 0.408 e. The molecule has 0 saturated heterocycles. The molecule has 0 radical (unpaired) electrons. The average molecular weight is 672 g/mol. The number of unbranched alkanes of at least 4 members (excludes halogenated alkanes) is 1. The fourth-order valence-electron chi connectivity index (χ4n) is 5.28. The van der Waals surface area contributed by atoms with Gasteiger partial charge in [0.2, 0.25) is 11.8 Å². The van der Waals surface area contributed by atoms with Crippen LogP contribution in [0, 0.1) is 6.92 Å². The Morgan fingerprint density at radius 3 is 1.69 bits per heavy atom. The highest BCUT2D eigenvalue weighted by Crippen LogP contribution is 2.26. The first kappa shape index (κ1) is 38.8. The summed E-state index contributed by atoms with van der Waals surface area (Å²) < 4.78 is 11.3. The molecule has 9 nitrogen and oxygen atoms in total. The third-order valence-electron chi connectivity index (χ3n) is 7.55. The van der Waals surface area contributed by atoms with Crippen LogP contribution in [0.2, 0.25) is 0 Å². The maximum atomic E-state index is 14.7. The molecule has 0 aliphatic carbocycles. The fourth-order valence-corrected chi connectivity index (χ4v) is 5.28. The van der Waals surface area contributed by atoms with Crippen LogP contribution in [0.25, 0.3) is 0 Å². The van der Waals surface area contributed by atoms with Crippen molar-refractivity contribution in [2.24, 2.45) is 0 Å². The Balaban J connectivity index is 2.09. The van der Waals surface area contributed by atoms with Gasteiger partial charge in [-0.2, -0.15) is 0 Å². The minimum absolute atomic E-state index is 0.179. The zero-order valence-electron chi connectivity index (χ0n) is 30.2. The first-order valence-corrected chi connectivity index (χ1v) is 17.0. The van der Waals surface area contributed by atoms with Gasteiger partial charge in [-0.1, -0.05) is 104 Å². The summed E-state index contributed by atoms with van der Waals surface area (Å²) in [5.74, 6) is -1.55. The third-order valence-corrected chi connectivity index (χ3v) is 7.55. The Labute approximate surface area is 291 Å². The van der Waals surface area contributed by atoms with Crippen LogP contribution in [-0.4, -0.2) is 58.6 Å². The second kappa shape index (κ2) is 17.7. The maximum absolute atomic E-state index is 14.7. The van der Waals surface area contributed by atoms with Crippen molar-refractivity contribution >= 4 is 23.9 Å². The van der Waals surface area contributed by atoms with E-state index in [1.165, 1.54) is 4.90 Å². The molecule has 0 aliphatic rings. The van der Waals surface area contributed by atoms with Crippen LogP contribution in [0.1, 0.15) is 89.6 Å². The predicted molar refractivity (Wildman–Crippen MR) is 192 cm³/mol. The average Bonchev–Trinajstić information content (AvgIpc) is 3.02. The van der Waals surface area contributed by atoms with Crippen molar-refractivity contribution < 1.29 is 28.7 Å². The molecular formula is C40H53N3O6. The number of nitrogens with zero attached hydrogens (tertiary/aromatic N) is 1. The van der Waals surface area contributed by atoms with Gasteiger partial charge < -0.3 is 25.0 Å². The molecular weight excluding hydrogens is 618 g/mol. The second-order valence-electron chi connectivity index (χ2n) is 14.4. The predicted octanol–water partition coefficient (Wildman–Crippen LogP) is 6.87. The lowest BCUT2D eigenvalue weighted by atomic mass is 9.98. The number of carbonyl (C=O) groups excluding carboxylic acids is 4. The number of hydrogen-bond donors (Lipinski definition) is 2. The summed E-state index contributed by atoms with van der Waals surface area (Å²) in [5, 5.41) is 5.75. The Morgan fingerprint density at radius 1 is 0.694 bits per heavy atom. The largest absolute Gasteiger partial charge is 0.458 e. The van der Waals surface area contributed by atoms with E-state index in [2.05, 4.69) is 10.6 Å². The number of ether oxygens (including phenoxy) is 2. The van der Waals surface area contributed by atoms with Gasteiger partial charge in [-0.15, -0.1) is 0 Å². The van der Waals surface area contributed by atoms with E-state index in [4.69, 9.17) is 9.47 Å². The van der Waals surface area contributed by atoms with Crippen molar-refractivity contribution in [2.45, 2.75) is 110 Å². The molecule has 264 valence electrons. The van der Waals surface area contributed by atoms with Gasteiger partial charge in [0.15, 0.2) is 0 Å². The summed E-state index contributed by atoms with van der Waals surface area (Å²) in [7, 11) is 0. The molecule has 0 saturated carbocycles. The number of alkyl carbamates (subject to hydrolysis) is 1. The zero-order valence-corrected chi connectivity index (χ0v) is 30.2. The molecule has 0 aromatic heterocycles. The molecule has 49 heavy (non-hydrogen) atoms. The Hall–Kier alpha value is -4.66. The smallest absolute Gasteiger partial charge is 0.408 e. The Morgan fingerprint density at radius 2 is 1.20 bits per heavy atom. The van der Waals surface area contributed by atoms with Crippen LogP contribution in [0.5, 0.6) is 0 Å². The quantitative estimate of drug-likeness (QED) is 0.181. The normalized spacial score (nSPS) is 13.4.